The Morgan fingerprint density at radius 2 is 1.50 bits per heavy atom. The highest BCUT2D eigenvalue weighted by Gasteiger charge is 2.40. The number of likely N-dealkylation sites (tertiary alicyclic amines) is 2. The Morgan fingerprint density at radius 3 is 2.16 bits per heavy atom. The lowest BCUT2D eigenvalue weighted by molar-refractivity contribution is -0.138. The van der Waals surface area contributed by atoms with Crippen LogP contribution in [0.1, 0.15) is 77.1 Å². The number of amides is 4. The summed E-state index contributed by atoms with van der Waals surface area (Å²) in [5, 5.41) is 14.2. The van der Waals surface area contributed by atoms with Gasteiger partial charge in [-0.05, 0) is 67.2 Å². The molecular formula is C42H50N10O6. The maximum atomic E-state index is 13.6. The summed E-state index contributed by atoms with van der Waals surface area (Å²) in [7, 11) is 2.72. The van der Waals surface area contributed by atoms with Gasteiger partial charge in [-0.2, -0.15) is 0 Å². The number of carboxylic acid groups (broad SMARTS) is 1. The van der Waals surface area contributed by atoms with Crippen molar-refractivity contribution in [1.29, 1.82) is 0 Å². The van der Waals surface area contributed by atoms with E-state index in [0.717, 1.165) is 63.9 Å². The Hall–Kier alpha value is -6.32. The van der Waals surface area contributed by atoms with E-state index in [2.05, 4.69) is 20.3 Å². The van der Waals surface area contributed by atoms with Crippen LogP contribution in [0.4, 0.5) is 9.59 Å². The van der Waals surface area contributed by atoms with E-state index >= 15 is 0 Å². The molecule has 0 unspecified atom stereocenters. The Kier molecular flexibility index (Phi) is 11.5. The van der Waals surface area contributed by atoms with E-state index in [9.17, 15) is 24.3 Å². The van der Waals surface area contributed by atoms with Gasteiger partial charge in [0, 0.05) is 55.2 Å². The largest absolute Gasteiger partial charge is 0.465 e. The molecule has 4 aromatic heterocycles. The van der Waals surface area contributed by atoms with Gasteiger partial charge >= 0.3 is 12.2 Å². The van der Waals surface area contributed by atoms with Gasteiger partial charge in [-0.15, -0.1) is 0 Å². The molecule has 7 rings (SSSR count). The zero-order chi connectivity index (χ0) is 41.2. The summed E-state index contributed by atoms with van der Waals surface area (Å²) in [4.78, 5) is 81.2. The number of pyridine rings is 2. The molecule has 4 amide bonds. The molecule has 2 aliphatic rings. The van der Waals surface area contributed by atoms with E-state index < -0.39 is 24.3 Å². The first-order valence-corrected chi connectivity index (χ1v) is 19.7. The van der Waals surface area contributed by atoms with Crippen LogP contribution in [0.5, 0.6) is 0 Å². The van der Waals surface area contributed by atoms with E-state index in [1.165, 1.54) is 14.2 Å². The first kappa shape index (κ1) is 39.9. The van der Waals surface area contributed by atoms with Crippen molar-refractivity contribution in [1.82, 2.24) is 49.9 Å². The number of imidazole rings is 2. The molecule has 0 aliphatic carbocycles. The molecule has 16 nitrogen and oxygen atoms in total. The molecule has 2 fully saturated rings. The predicted molar refractivity (Wildman–Crippen MR) is 216 cm³/mol. The average Bonchev–Trinajstić information content (AvgIpc) is 4.06. The average molecular weight is 791 g/mol. The van der Waals surface area contributed by atoms with Crippen LogP contribution >= 0.6 is 0 Å². The SMILES string of the molecule is COC(=O)N[C@H](C(=O)N1CCC[C@H]1c1ncc(-c2ccc3cc(-c4ccc(-c5c[nH]c([C@@H]6CCCN6C(=O)[C@H](C(C)C)N(C)C(=O)O)n5)cn4)ncc3c2)[nH]1)C(C)C. The van der Waals surface area contributed by atoms with E-state index in [4.69, 9.17) is 19.7 Å². The van der Waals surface area contributed by atoms with Crippen LogP contribution in [0.3, 0.4) is 0 Å². The third-order valence-electron chi connectivity index (χ3n) is 11.2. The third-order valence-corrected chi connectivity index (χ3v) is 11.2. The van der Waals surface area contributed by atoms with Crippen molar-refractivity contribution < 1.29 is 29.0 Å². The van der Waals surface area contributed by atoms with Gasteiger partial charge in [0.25, 0.3) is 0 Å². The number of nitrogens with one attached hydrogen (secondary N) is 3. The van der Waals surface area contributed by atoms with Gasteiger partial charge < -0.3 is 34.9 Å². The summed E-state index contributed by atoms with van der Waals surface area (Å²) < 4.78 is 4.76. The number of carbonyl (C=O) groups is 4. The molecule has 0 radical (unpaired) electrons. The molecule has 16 heteroatoms. The molecule has 5 aromatic rings. The second-order valence-corrected chi connectivity index (χ2v) is 15.7. The van der Waals surface area contributed by atoms with Gasteiger partial charge in [-0.1, -0.05) is 39.8 Å². The molecule has 2 saturated heterocycles. The highest BCUT2D eigenvalue weighted by molar-refractivity contribution is 5.89. The zero-order valence-corrected chi connectivity index (χ0v) is 33.6. The van der Waals surface area contributed by atoms with E-state index in [1.807, 2.05) is 70.3 Å². The zero-order valence-electron chi connectivity index (χ0n) is 33.6. The fourth-order valence-electron chi connectivity index (χ4n) is 8.15. The molecule has 0 saturated carbocycles. The van der Waals surface area contributed by atoms with Crippen LogP contribution in [0.25, 0.3) is 44.7 Å². The predicted octanol–water partition coefficient (Wildman–Crippen LogP) is 6.42. The maximum Gasteiger partial charge on any atom is 0.407 e. The minimum Gasteiger partial charge on any atom is -0.465 e. The minimum absolute atomic E-state index is 0.118. The molecule has 4 atom stereocenters. The highest BCUT2D eigenvalue weighted by atomic mass is 16.5. The number of carbonyl (C=O) groups excluding carboxylic acids is 3. The number of fused-ring (bicyclic) bond motifs is 1. The van der Waals surface area contributed by atoms with Crippen molar-refractivity contribution in [2.24, 2.45) is 11.8 Å². The Labute approximate surface area is 336 Å². The number of benzene rings is 1. The molecule has 2 aliphatic heterocycles. The van der Waals surface area contributed by atoms with Gasteiger partial charge in [0.1, 0.15) is 23.7 Å². The lowest BCUT2D eigenvalue weighted by Gasteiger charge is -2.33. The molecule has 6 heterocycles. The van der Waals surface area contributed by atoms with Crippen molar-refractivity contribution in [2.75, 3.05) is 27.2 Å². The lowest BCUT2D eigenvalue weighted by atomic mass is 10.0. The fraction of sp³-hybridized carbons (Fsp3) is 0.429. The second kappa shape index (κ2) is 16.6. The number of hydrogen-bond donors (Lipinski definition) is 4. The summed E-state index contributed by atoms with van der Waals surface area (Å²) in [5.41, 5.74) is 4.68. The maximum absolute atomic E-state index is 13.6. The standard InChI is InChI=1S/C42H50N10O6/c1-23(2)35(49-41(55)58-6)39(53)51-15-7-9-33(51)37-45-21-31(47-37)26-12-11-25-18-30(44-20-28(25)17-26)29-14-13-27(19-43-29)32-22-46-38(48-32)34-10-8-16-52(34)40(54)36(24(3)4)50(5)42(56)57/h11-14,17-24,33-36H,7-10,15-16H2,1-6H3,(H,45,47)(H,46,48)(H,49,55)(H,56,57)/t33-,34-,35-,36-/m0/s1. The first-order chi connectivity index (χ1) is 27.8. The van der Waals surface area contributed by atoms with Crippen molar-refractivity contribution in [3.63, 3.8) is 0 Å². The first-order valence-electron chi connectivity index (χ1n) is 19.7. The molecule has 58 heavy (non-hydrogen) atoms. The quantitative estimate of drug-likeness (QED) is 0.116. The fourth-order valence-corrected chi connectivity index (χ4v) is 8.15. The molecule has 0 spiro atoms. The Morgan fingerprint density at radius 1 is 0.810 bits per heavy atom. The minimum atomic E-state index is -1.13. The van der Waals surface area contributed by atoms with Gasteiger partial charge in [-0.25, -0.2) is 19.6 Å². The Bertz CT molecular complexity index is 2300. The number of ether oxygens (including phenoxy) is 1. The highest BCUT2D eigenvalue weighted by Crippen LogP contribution is 2.35. The number of alkyl carbamates (subject to hydrolysis) is 1. The van der Waals surface area contributed by atoms with Gasteiger partial charge in [0.05, 0.1) is 48.2 Å². The summed E-state index contributed by atoms with van der Waals surface area (Å²) in [6, 6.07) is 9.97. The van der Waals surface area contributed by atoms with Gasteiger partial charge in [0.2, 0.25) is 11.8 Å². The number of aromatic nitrogens is 6. The summed E-state index contributed by atoms with van der Waals surface area (Å²) in [6.45, 7) is 8.61. The van der Waals surface area contributed by atoms with Crippen LogP contribution in [0.2, 0.25) is 0 Å². The van der Waals surface area contributed by atoms with Crippen LogP contribution in [0, 0.1) is 11.8 Å². The van der Waals surface area contributed by atoms with Crippen LogP contribution in [0.15, 0.2) is 61.2 Å². The number of aromatic amines is 2. The monoisotopic (exact) mass is 790 g/mol. The topological polar surface area (TPSA) is 203 Å². The summed E-state index contributed by atoms with van der Waals surface area (Å²) in [6.07, 6.45) is 8.53. The molecule has 304 valence electrons. The smallest absolute Gasteiger partial charge is 0.407 e. The van der Waals surface area contributed by atoms with Crippen LogP contribution < -0.4 is 5.32 Å². The van der Waals surface area contributed by atoms with E-state index in [-0.39, 0.29) is 35.7 Å². The number of methoxy groups -OCH3 is 1. The lowest BCUT2D eigenvalue weighted by Crippen LogP contribution is -2.51. The molecule has 1 aromatic carbocycles. The summed E-state index contributed by atoms with van der Waals surface area (Å²) >= 11 is 0. The normalized spacial score (nSPS) is 17.9. The van der Waals surface area contributed by atoms with E-state index in [1.54, 1.807) is 28.4 Å². The van der Waals surface area contributed by atoms with Gasteiger partial charge in [-0.3, -0.25) is 24.5 Å². The number of hydrogen-bond acceptors (Lipinski definition) is 9. The van der Waals surface area contributed by atoms with Crippen molar-refractivity contribution in [3.05, 3.63) is 72.8 Å². The third kappa shape index (κ3) is 7.95. The molecular weight excluding hydrogens is 741 g/mol. The van der Waals surface area contributed by atoms with Crippen LogP contribution in [-0.2, 0) is 14.3 Å². The van der Waals surface area contributed by atoms with Crippen molar-refractivity contribution >= 4 is 34.8 Å². The second-order valence-electron chi connectivity index (χ2n) is 15.7. The number of nitrogens with zero attached hydrogens (tertiary/aromatic N) is 7. The molecule has 0 bridgehead atoms. The van der Waals surface area contributed by atoms with E-state index in [0.29, 0.717) is 36.1 Å². The van der Waals surface area contributed by atoms with Crippen molar-refractivity contribution in [2.45, 2.75) is 77.5 Å². The molecule has 4 N–H and O–H groups in total. The number of H-pyrrole nitrogens is 2. The number of rotatable bonds is 11. The Balaban J connectivity index is 1.03. The summed E-state index contributed by atoms with van der Waals surface area (Å²) in [5.74, 6) is 0.691. The van der Waals surface area contributed by atoms with Crippen molar-refractivity contribution in [3.8, 4) is 33.9 Å². The number of likely N-dealkylation sites (N-methyl/N-ethyl adjacent to an activating group) is 1. The van der Waals surface area contributed by atoms with Gasteiger partial charge in [0.15, 0.2) is 0 Å². The van der Waals surface area contributed by atoms with Crippen LogP contribution in [-0.4, -0.2) is 113 Å².